The fourth-order valence-corrected chi connectivity index (χ4v) is 2.92. The topological polar surface area (TPSA) is 63.2 Å². The van der Waals surface area contributed by atoms with Gasteiger partial charge in [-0.1, -0.05) is 17.4 Å². The maximum absolute atomic E-state index is 13.6. The number of urea groups is 1. The number of hydrogen-bond acceptors (Lipinski definition) is 4. The zero-order valence-electron chi connectivity index (χ0n) is 13.2. The molecule has 24 heavy (non-hydrogen) atoms. The third-order valence-corrected chi connectivity index (χ3v) is 3.99. The van der Waals surface area contributed by atoms with Crippen molar-refractivity contribution in [1.82, 2.24) is 10.3 Å². The first kappa shape index (κ1) is 16.2. The molecule has 0 bridgehead atoms. The van der Waals surface area contributed by atoms with Crippen molar-refractivity contribution in [2.75, 3.05) is 5.32 Å². The number of para-hydroxylation sites is 1. The third kappa shape index (κ3) is 3.80. The van der Waals surface area contributed by atoms with E-state index in [1.165, 1.54) is 17.4 Å². The number of benzene rings is 2. The molecule has 0 radical (unpaired) electrons. The van der Waals surface area contributed by atoms with E-state index in [1.54, 1.807) is 36.4 Å². The highest BCUT2D eigenvalue weighted by atomic mass is 32.1. The Morgan fingerprint density at radius 3 is 2.62 bits per heavy atom. The van der Waals surface area contributed by atoms with Crippen molar-refractivity contribution >= 4 is 33.3 Å². The van der Waals surface area contributed by atoms with Crippen molar-refractivity contribution in [2.45, 2.75) is 19.9 Å². The molecule has 1 heterocycles. The molecule has 2 amide bonds. The summed E-state index contributed by atoms with van der Waals surface area (Å²) in [6.07, 6.45) is 0. The van der Waals surface area contributed by atoms with Crippen LogP contribution < -0.4 is 15.4 Å². The number of nitrogens with zero attached hydrogens (tertiary/aromatic N) is 1. The number of fused-ring (bicyclic) bond motifs is 1. The third-order valence-electron chi connectivity index (χ3n) is 3.09. The molecule has 0 atom stereocenters. The zero-order valence-corrected chi connectivity index (χ0v) is 14.0. The number of thiazole rings is 1. The molecule has 3 rings (SSSR count). The number of nitrogens with one attached hydrogen (secondary N) is 2. The fourth-order valence-electron chi connectivity index (χ4n) is 2.07. The monoisotopic (exact) mass is 345 g/mol. The van der Waals surface area contributed by atoms with Gasteiger partial charge in [0.25, 0.3) is 5.19 Å². The highest BCUT2D eigenvalue weighted by Gasteiger charge is 2.10. The second-order valence-electron chi connectivity index (χ2n) is 5.45. The van der Waals surface area contributed by atoms with Crippen LogP contribution in [0.1, 0.15) is 13.8 Å². The van der Waals surface area contributed by atoms with Crippen LogP contribution in [0.5, 0.6) is 10.9 Å². The van der Waals surface area contributed by atoms with Gasteiger partial charge in [-0.2, -0.15) is 4.98 Å². The van der Waals surface area contributed by atoms with Crippen LogP contribution in [0.25, 0.3) is 10.2 Å². The van der Waals surface area contributed by atoms with Gasteiger partial charge in [-0.05, 0) is 50.2 Å². The fraction of sp³-hybridized carbons (Fsp3) is 0.176. The van der Waals surface area contributed by atoms with E-state index in [0.29, 0.717) is 22.1 Å². The summed E-state index contributed by atoms with van der Waals surface area (Å²) in [5.74, 6) is 0.193. The van der Waals surface area contributed by atoms with E-state index in [1.807, 2.05) is 13.8 Å². The van der Waals surface area contributed by atoms with Crippen LogP contribution in [0, 0.1) is 5.82 Å². The van der Waals surface area contributed by atoms with Crippen LogP contribution in [0.4, 0.5) is 14.9 Å². The zero-order chi connectivity index (χ0) is 17.1. The van der Waals surface area contributed by atoms with Gasteiger partial charge in [-0.3, -0.25) is 0 Å². The number of rotatable bonds is 4. The summed E-state index contributed by atoms with van der Waals surface area (Å²) in [7, 11) is 0. The molecule has 7 heteroatoms. The maximum atomic E-state index is 13.6. The Hall–Kier alpha value is -2.67. The van der Waals surface area contributed by atoms with Crippen molar-refractivity contribution in [3.63, 3.8) is 0 Å². The van der Waals surface area contributed by atoms with Gasteiger partial charge in [0.2, 0.25) is 0 Å². The first-order valence-electron chi connectivity index (χ1n) is 7.42. The molecule has 0 spiro atoms. The Labute approximate surface area is 142 Å². The summed E-state index contributed by atoms with van der Waals surface area (Å²) in [4.78, 5) is 15.8. The lowest BCUT2D eigenvalue weighted by atomic mass is 10.3. The number of carbonyl (C=O) groups excluding carboxylic acids is 1. The molecule has 5 nitrogen and oxygen atoms in total. The van der Waals surface area contributed by atoms with Gasteiger partial charge in [0.1, 0.15) is 17.1 Å². The lowest BCUT2D eigenvalue weighted by Gasteiger charge is -2.10. The lowest BCUT2D eigenvalue weighted by molar-refractivity contribution is 0.250. The number of aromatic nitrogens is 1. The van der Waals surface area contributed by atoms with Crippen LogP contribution in [0.15, 0.2) is 42.5 Å². The van der Waals surface area contributed by atoms with Gasteiger partial charge in [0, 0.05) is 11.7 Å². The summed E-state index contributed by atoms with van der Waals surface area (Å²) in [5.41, 5.74) is 0.956. The van der Waals surface area contributed by atoms with E-state index < -0.39 is 0 Å². The van der Waals surface area contributed by atoms with Crippen molar-refractivity contribution in [3.8, 4) is 10.9 Å². The first-order valence-corrected chi connectivity index (χ1v) is 8.23. The highest BCUT2D eigenvalue weighted by Crippen LogP contribution is 2.32. The van der Waals surface area contributed by atoms with E-state index in [0.717, 1.165) is 4.70 Å². The van der Waals surface area contributed by atoms with Crippen LogP contribution in [-0.4, -0.2) is 17.1 Å². The van der Waals surface area contributed by atoms with Gasteiger partial charge >= 0.3 is 6.03 Å². The number of anilines is 1. The molecular formula is C17H16FN3O2S. The van der Waals surface area contributed by atoms with Crippen LogP contribution in [-0.2, 0) is 0 Å². The van der Waals surface area contributed by atoms with Gasteiger partial charge in [-0.25, -0.2) is 9.18 Å². The van der Waals surface area contributed by atoms with E-state index >= 15 is 0 Å². The molecule has 0 aliphatic carbocycles. The molecule has 0 fully saturated rings. The lowest BCUT2D eigenvalue weighted by Crippen LogP contribution is -2.34. The van der Waals surface area contributed by atoms with Gasteiger partial charge < -0.3 is 15.4 Å². The molecule has 0 unspecified atom stereocenters. The van der Waals surface area contributed by atoms with E-state index in [-0.39, 0.29) is 17.9 Å². The molecule has 124 valence electrons. The Bertz CT molecular complexity index is 862. The number of amides is 2. The van der Waals surface area contributed by atoms with Gasteiger partial charge in [0.15, 0.2) is 0 Å². The largest absolute Gasteiger partial charge is 0.431 e. The Kier molecular flexibility index (Phi) is 4.61. The second-order valence-corrected chi connectivity index (χ2v) is 6.44. The van der Waals surface area contributed by atoms with Crippen LogP contribution in [0.3, 0.4) is 0 Å². The van der Waals surface area contributed by atoms with E-state index in [2.05, 4.69) is 15.6 Å². The smallest absolute Gasteiger partial charge is 0.319 e. The van der Waals surface area contributed by atoms with Crippen LogP contribution in [0.2, 0.25) is 0 Å². The molecule has 0 aliphatic heterocycles. The van der Waals surface area contributed by atoms with E-state index in [9.17, 15) is 9.18 Å². The SMILES string of the molecule is CC(C)NC(=O)Nc1ccc(Oc2nc3c(F)cccc3s2)cc1. The molecule has 0 saturated carbocycles. The van der Waals surface area contributed by atoms with Gasteiger partial charge in [-0.15, -0.1) is 0 Å². The van der Waals surface area contributed by atoms with Crippen LogP contribution >= 0.6 is 11.3 Å². The number of hydrogen-bond donors (Lipinski definition) is 2. The maximum Gasteiger partial charge on any atom is 0.319 e. The predicted molar refractivity (Wildman–Crippen MR) is 93.4 cm³/mol. The number of halogens is 1. The second kappa shape index (κ2) is 6.84. The highest BCUT2D eigenvalue weighted by molar-refractivity contribution is 7.20. The minimum Gasteiger partial charge on any atom is -0.431 e. The average molecular weight is 345 g/mol. The summed E-state index contributed by atoms with van der Waals surface area (Å²) in [6.45, 7) is 3.77. The molecule has 1 aromatic heterocycles. The summed E-state index contributed by atoms with van der Waals surface area (Å²) < 4.78 is 20.0. The van der Waals surface area contributed by atoms with E-state index in [4.69, 9.17) is 4.74 Å². The minimum absolute atomic E-state index is 0.0621. The quantitative estimate of drug-likeness (QED) is 0.717. The molecule has 0 saturated heterocycles. The molecular weight excluding hydrogens is 329 g/mol. The van der Waals surface area contributed by atoms with Crippen molar-refractivity contribution in [1.29, 1.82) is 0 Å². The summed E-state index contributed by atoms with van der Waals surface area (Å²) in [5, 5.41) is 5.83. The van der Waals surface area contributed by atoms with Crippen molar-refractivity contribution in [2.24, 2.45) is 0 Å². The van der Waals surface area contributed by atoms with Gasteiger partial charge in [0.05, 0.1) is 4.70 Å². The summed E-state index contributed by atoms with van der Waals surface area (Å²) in [6, 6.07) is 11.5. The molecule has 2 N–H and O–H groups in total. The first-order chi connectivity index (χ1) is 11.5. The minimum atomic E-state index is -0.366. The Morgan fingerprint density at radius 2 is 1.96 bits per heavy atom. The standard InChI is InChI=1S/C17H16FN3O2S/c1-10(2)19-16(22)20-11-6-8-12(9-7-11)23-17-21-15-13(18)4-3-5-14(15)24-17/h3-10H,1-2H3,(H2,19,20,22). The van der Waals surface area contributed by atoms with Crippen molar-refractivity contribution in [3.05, 3.63) is 48.3 Å². The normalized spacial score (nSPS) is 10.8. The van der Waals surface area contributed by atoms with Crippen molar-refractivity contribution < 1.29 is 13.9 Å². The predicted octanol–water partition coefficient (Wildman–Crippen LogP) is 4.76. The Morgan fingerprint density at radius 1 is 1.21 bits per heavy atom. The molecule has 0 aliphatic rings. The summed E-state index contributed by atoms with van der Waals surface area (Å²) >= 11 is 1.27. The Balaban J connectivity index is 1.69. The molecule has 2 aromatic carbocycles. The average Bonchev–Trinajstić information content (AvgIpc) is 2.92. The number of ether oxygens (including phenoxy) is 1. The molecule has 3 aromatic rings. The number of carbonyl (C=O) groups is 1.